The van der Waals surface area contributed by atoms with Crippen LogP contribution in [0.15, 0.2) is 0 Å². The van der Waals surface area contributed by atoms with Crippen LogP contribution in [0.5, 0.6) is 0 Å². The molecule has 5 saturated heterocycles. The molecule has 5 fully saturated rings. The molecule has 2 amide bonds. The van der Waals surface area contributed by atoms with Crippen molar-refractivity contribution >= 4 is 29.7 Å². The van der Waals surface area contributed by atoms with E-state index < -0.39 is 234 Å². The molecule has 25 atom stereocenters. The van der Waals surface area contributed by atoms with Crippen molar-refractivity contribution < 1.29 is 159 Å². The number of carboxylic acids is 3. The Balaban J connectivity index is 1.39. The van der Waals surface area contributed by atoms with Crippen LogP contribution in [0.2, 0.25) is 0 Å². The van der Waals surface area contributed by atoms with E-state index >= 15 is 0 Å². The van der Waals surface area contributed by atoms with Crippen LogP contribution in [-0.4, -0.2) is 307 Å². The molecule has 34 nitrogen and oxygen atoms in total. The lowest BCUT2D eigenvalue weighted by Gasteiger charge is -2.50. The van der Waals surface area contributed by atoms with Crippen molar-refractivity contribution in [3.05, 3.63) is 0 Å². The Morgan fingerprint density at radius 3 is 1.47 bits per heavy atom. The third-order valence-electron chi connectivity index (χ3n) is 13.0. The van der Waals surface area contributed by atoms with Crippen LogP contribution in [0.4, 0.5) is 0 Å². The number of rotatable bonds is 21. The van der Waals surface area contributed by atoms with E-state index in [1.807, 2.05) is 0 Å². The summed E-state index contributed by atoms with van der Waals surface area (Å²) in [6, 6.07) is -3.16. The zero-order chi connectivity index (χ0) is 55.5. The van der Waals surface area contributed by atoms with Crippen molar-refractivity contribution in [1.29, 1.82) is 0 Å². The monoisotopic (exact) mass is 1080 g/mol. The molecule has 2 unspecified atom stereocenters. The number of aliphatic hydroxyl groups is 15. The maximum atomic E-state index is 13.2. The molecule has 426 valence electrons. The van der Waals surface area contributed by atoms with E-state index in [1.165, 1.54) is 0 Å². The van der Waals surface area contributed by atoms with Gasteiger partial charge in [0.05, 0.1) is 51.3 Å². The number of carbonyl (C=O) groups is 5. The van der Waals surface area contributed by atoms with Gasteiger partial charge in [0.1, 0.15) is 104 Å². The molecule has 0 radical (unpaired) electrons. The fraction of sp³-hybridized carbons (Fsp3) is 0.875. The SMILES string of the molecule is CC(=O)N[C@H]1[C@H](OC[C@H]2OC(O)[C@H](NC(C)=O)[C@@H](O)[C@@H]2O)O[C@H](CO[C@]2(C(=O)O)C[C@@H](O[C@]3(C(=O)O)CC(O)[C@@H](O)[C@@H]([C@H](O)CO[C@]4(C(=O)O)C[C@@H](O)[C@@H](O)[C@@H]([C@H](O)CO)O4)O3)[C@@H](O)[C@@H]([C@H](O)CO)O2)[C@@H](O)[C@@H]1O. The van der Waals surface area contributed by atoms with Crippen LogP contribution >= 0.6 is 0 Å². The number of amides is 2. The van der Waals surface area contributed by atoms with Crippen molar-refractivity contribution in [2.45, 2.75) is 185 Å². The van der Waals surface area contributed by atoms with Crippen molar-refractivity contribution in [1.82, 2.24) is 10.6 Å². The number of hydrogen-bond acceptors (Lipinski definition) is 29. The number of aliphatic carboxylic acids is 3. The van der Waals surface area contributed by atoms with Crippen LogP contribution < -0.4 is 10.6 Å². The Labute approximate surface area is 416 Å². The summed E-state index contributed by atoms with van der Waals surface area (Å²) in [5.41, 5.74) is 0. The first-order valence-electron chi connectivity index (χ1n) is 22.7. The van der Waals surface area contributed by atoms with Crippen LogP contribution in [0.25, 0.3) is 0 Å². The first-order chi connectivity index (χ1) is 34.5. The minimum Gasteiger partial charge on any atom is -0.477 e. The summed E-state index contributed by atoms with van der Waals surface area (Å²) in [4.78, 5) is 62.4. The van der Waals surface area contributed by atoms with Gasteiger partial charge in [0.15, 0.2) is 12.6 Å². The highest BCUT2D eigenvalue weighted by Gasteiger charge is 2.62. The van der Waals surface area contributed by atoms with Crippen molar-refractivity contribution in [2.75, 3.05) is 33.0 Å². The van der Waals surface area contributed by atoms with Crippen LogP contribution in [0.3, 0.4) is 0 Å². The molecular formula is C40H64N2O32. The average Bonchev–Trinajstić information content (AvgIpc) is 3.33. The van der Waals surface area contributed by atoms with E-state index in [1.54, 1.807) is 0 Å². The molecule has 5 aliphatic rings. The first kappa shape index (κ1) is 61.2. The molecular weight excluding hydrogens is 1020 g/mol. The van der Waals surface area contributed by atoms with Gasteiger partial charge in [-0.05, 0) is 0 Å². The van der Waals surface area contributed by atoms with Crippen molar-refractivity contribution in [3.63, 3.8) is 0 Å². The fourth-order valence-corrected chi connectivity index (χ4v) is 8.97. The molecule has 5 aliphatic heterocycles. The molecule has 0 spiro atoms. The van der Waals surface area contributed by atoms with Crippen molar-refractivity contribution in [3.8, 4) is 0 Å². The standard InChI is InChI=1S/C40H64N2O32/c1-11(45)41-21-28(57)25(54)19(69-33(21)59)9-66-34-22(42-12(2)46)29(58)26(55)20(70-34)10-68-39(36(62)63)5-18(27(56)31(73-39)16(50)7-44)71-40(37(64)65)4-14(48)24(53)32(74-40)17(51)8-67-38(35(60)61)3-13(47)23(52)30(72-38)15(49)6-43/h13-34,43-44,47-59H,3-10H2,1-2H3,(H,41,45)(H,42,46)(H,60,61)(H,62,63)(H,64,65)/t13-,14?,15-,16-,17-,18-,19-,20-,21-,22-,23-,24-,25-,26-,27-,28-,29-,30-,31-,32-,33?,34-,38-,39-,40-/m1/s1. The molecule has 74 heavy (non-hydrogen) atoms. The largest absolute Gasteiger partial charge is 0.477 e. The molecule has 20 N–H and O–H groups in total. The highest BCUT2D eigenvalue weighted by Crippen LogP contribution is 2.41. The van der Waals surface area contributed by atoms with E-state index in [-0.39, 0.29) is 0 Å². The van der Waals surface area contributed by atoms with Crippen LogP contribution in [-0.2, 0) is 66.6 Å². The van der Waals surface area contributed by atoms with E-state index in [0.29, 0.717) is 0 Å². The van der Waals surface area contributed by atoms with Gasteiger partial charge in [-0.3, -0.25) is 9.59 Å². The zero-order valence-electron chi connectivity index (χ0n) is 39.1. The maximum absolute atomic E-state index is 13.2. The van der Waals surface area contributed by atoms with Gasteiger partial charge in [-0.1, -0.05) is 0 Å². The Morgan fingerprint density at radius 1 is 0.541 bits per heavy atom. The van der Waals surface area contributed by atoms with Gasteiger partial charge in [0, 0.05) is 33.1 Å². The zero-order valence-corrected chi connectivity index (χ0v) is 39.1. The number of nitrogens with one attached hydrogen (secondary N) is 2. The lowest BCUT2D eigenvalue weighted by Crippen LogP contribution is -2.69. The van der Waals surface area contributed by atoms with Gasteiger partial charge in [-0.2, -0.15) is 0 Å². The summed E-state index contributed by atoms with van der Waals surface area (Å²) in [5, 5.41) is 195. The smallest absolute Gasteiger partial charge is 0.364 e. The predicted octanol–water partition coefficient (Wildman–Crippen LogP) is -12.1. The summed E-state index contributed by atoms with van der Waals surface area (Å²) in [5.74, 6) is -17.5. The Hall–Kier alpha value is -3.61. The van der Waals surface area contributed by atoms with E-state index in [2.05, 4.69) is 10.6 Å². The molecule has 0 aromatic carbocycles. The molecule has 5 rings (SSSR count). The second-order valence-electron chi connectivity index (χ2n) is 18.3. The van der Waals surface area contributed by atoms with Crippen LogP contribution in [0.1, 0.15) is 33.1 Å². The second-order valence-corrected chi connectivity index (χ2v) is 18.3. The number of hydrogen-bond donors (Lipinski definition) is 20. The third kappa shape index (κ3) is 13.0. The number of carboxylic acid groups (broad SMARTS) is 3. The Kier molecular flexibility index (Phi) is 20.5. The minimum atomic E-state index is -3.36. The lowest BCUT2D eigenvalue weighted by molar-refractivity contribution is -0.380. The maximum Gasteiger partial charge on any atom is 0.364 e. The summed E-state index contributed by atoms with van der Waals surface area (Å²) in [6.45, 7) is -3.70. The molecule has 0 aliphatic carbocycles. The highest BCUT2D eigenvalue weighted by molar-refractivity contribution is 5.77. The number of ether oxygens (including phenoxy) is 9. The van der Waals surface area contributed by atoms with E-state index in [9.17, 15) is 116 Å². The summed E-state index contributed by atoms with van der Waals surface area (Å²) >= 11 is 0. The Bertz CT molecular complexity index is 1940. The van der Waals surface area contributed by atoms with E-state index in [4.69, 9.17) is 42.6 Å². The van der Waals surface area contributed by atoms with E-state index in [0.717, 1.165) is 13.8 Å². The molecule has 0 aromatic heterocycles. The summed E-state index contributed by atoms with van der Waals surface area (Å²) < 4.78 is 49.5. The van der Waals surface area contributed by atoms with Gasteiger partial charge < -0.3 is 145 Å². The topological polar surface area (TPSA) is 557 Å². The summed E-state index contributed by atoms with van der Waals surface area (Å²) in [7, 11) is 0. The molecule has 0 bridgehead atoms. The predicted molar refractivity (Wildman–Crippen MR) is 223 cm³/mol. The quantitative estimate of drug-likeness (QED) is 0.0507. The highest BCUT2D eigenvalue weighted by atomic mass is 16.8. The molecule has 0 saturated carbocycles. The van der Waals surface area contributed by atoms with Gasteiger partial charge in [0.25, 0.3) is 17.4 Å². The third-order valence-corrected chi connectivity index (χ3v) is 13.0. The van der Waals surface area contributed by atoms with Gasteiger partial charge in [-0.25, -0.2) is 14.4 Å². The number of carbonyl (C=O) groups excluding carboxylic acids is 2. The fourth-order valence-electron chi connectivity index (χ4n) is 8.97. The Morgan fingerprint density at radius 2 is 0.973 bits per heavy atom. The van der Waals surface area contributed by atoms with Gasteiger partial charge in [0.2, 0.25) is 11.8 Å². The molecule has 34 heteroatoms. The summed E-state index contributed by atoms with van der Waals surface area (Å²) in [6.07, 6.45) is -45.5. The minimum absolute atomic E-state index is 0.706. The first-order valence-corrected chi connectivity index (χ1v) is 22.7. The van der Waals surface area contributed by atoms with Crippen molar-refractivity contribution in [2.24, 2.45) is 0 Å². The number of aliphatic hydroxyl groups excluding tert-OH is 15. The van der Waals surface area contributed by atoms with Crippen LogP contribution in [0, 0.1) is 0 Å². The molecule has 5 heterocycles. The second kappa shape index (κ2) is 24.8. The van der Waals surface area contributed by atoms with Gasteiger partial charge in [-0.15, -0.1) is 0 Å². The molecule has 0 aromatic rings. The average molecular weight is 1080 g/mol. The van der Waals surface area contributed by atoms with Gasteiger partial charge >= 0.3 is 17.9 Å². The lowest BCUT2D eigenvalue weighted by atomic mass is 9.89. The normalized spacial score (nSPS) is 44.1.